The number of benzene rings is 1. The summed E-state index contributed by atoms with van der Waals surface area (Å²) >= 11 is 0. The molecule has 2 atom stereocenters. The molecule has 1 saturated heterocycles. The molecule has 4 amide bonds. The number of nitrogens with one attached hydrogen (secondary N) is 2. The van der Waals surface area contributed by atoms with E-state index in [1.807, 2.05) is 0 Å². The van der Waals surface area contributed by atoms with Crippen LogP contribution >= 0.6 is 0 Å². The van der Waals surface area contributed by atoms with E-state index in [1.165, 1.54) is 30.6 Å². The molecule has 1 unspecified atom stereocenters. The summed E-state index contributed by atoms with van der Waals surface area (Å²) in [5.74, 6) is -0.523. The van der Waals surface area contributed by atoms with Gasteiger partial charge in [-0.05, 0) is 55.4 Å². The Morgan fingerprint density at radius 1 is 1.21 bits per heavy atom. The fraction of sp³-hybridized carbons (Fsp3) is 0.545. The van der Waals surface area contributed by atoms with Gasteiger partial charge in [-0.15, -0.1) is 0 Å². The number of piperidine rings is 1. The molecule has 1 aromatic rings. The maximum absolute atomic E-state index is 12.8. The highest BCUT2D eigenvalue weighted by Crippen LogP contribution is 2.30. The number of hydrogen-bond acceptors (Lipinski definition) is 4. The molecule has 1 aromatic carbocycles. The minimum Gasteiger partial charge on any atom is -0.349 e. The predicted octanol–water partition coefficient (Wildman–Crippen LogP) is 2.15. The largest absolute Gasteiger partial charge is 0.349 e. The van der Waals surface area contributed by atoms with Crippen LogP contribution in [0, 0.1) is 5.92 Å². The molecule has 0 bridgehead atoms. The standard InChI is InChI=1S/C22H27N3O4/c1-2-17(13-5-3-4-6-13)23-20(27)14-7-8-16-15(11-14)12-25(22(16)29)18-9-10-19(26)24-21(18)28/h7-8,11,13,17-18H,2-6,9-10,12H2,1H3,(H,23,27)(H,24,26,28)/t17-,18?/m1/s1. The Morgan fingerprint density at radius 3 is 2.66 bits per heavy atom. The zero-order chi connectivity index (χ0) is 20.5. The average molecular weight is 397 g/mol. The second kappa shape index (κ2) is 7.97. The minimum absolute atomic E-state index is 0.113. The lowest BCUT2D eigenvalue weighted by atomic mass is 9.95. The minimum atomic E-state index is -0.642. The number of hydrogen-bond donors (Lipinski definition) is 2. The lowest BCUT2D eigenvalue weighted by Gasteiger charge is -2.29. The van der Waals surface area contributed by atoms with Gasteiger partial charge < -0.3 is 10.2 Å². The van der Waals surface area contributed by atoms with Crippen molar-refractivity contribution >= 4 is 23.6 Å². The van der Waals surface area contributed by atoms with Crippen LogP contribution in [0.1, 0.15) is 78.1 Å². The topological polar surface area (TPSA) is 95.6 Å². The molecule has 2 fully saturated rings. The third kappa shape index (κ3) is 3.78. The van der Waals surface area contributed by atoms with E-state index >= 15 is 0 Å². The first-order chi connectivity index (χ1) is 14.0. The first-order valence-corrected chi connectivity index (χ1v) is 10.6. The maximum atomic E-state index is 12.8. The van der Waals surface area contributed by atoms with Crippen LogP contribution in [-0.2, 0) is 16.1 Å². The molecular formula is C22H27N3O4. The van der Waals surface area contributed by atoms with Crippen molar-refractivity contribution in [3.63, 3.8) is 0 Å². The van der Waals surface area contributed by atoms with Crippen LogP contribution in [0.2, 0.25) is 0 Å². The summed E-state index contributed by atoms with van der Waals surface area (Å²) in [5, 5.41) is 5.48. The Labute approximate surface area is 170 Å². The fourth-order valence-corrected chi connectivity index (χ4v) is 4.88. The van der Waals surface area contributed by atoms with Crippen molar-refractivity contribution in [3.8, 4) is 0 Å². The van der Waals surface area contributed by atoms with E-state index in [0.717, 1.165) is 12.0 Å². The van der Waals surface area contributed by atoms with Crippen molar-refractivity contribution < 1.29 is 19.2 Å². The molecule has 7 heteroatoms. The van der Waals surface area contributed by atoms with E-state index in [1.54, 1.807) is 18.2 Å². The summed E-state index contributed by atoms with van der Waals surface area (Å²) in [4.78, 5) is 50.6. The van der Waals surface area contributed by atoms with Crippen LogP contribution in [0.25, 0.3) is 0 Å². The number of carbonyl (C=O) groups excluding carboxylic acids is 4. The van der Waals surface area contributed by atoms with E-state index in [4.69, 9.17) is 0 Å². The Morgan fingerprint density at radius 2 is 1.97 bits per heavy atom. The molecule has 2 N–H and O–H groups in total. The van der Waals surface area contributed by atoms with Gasteiger partial charge in [-0.25, -0.2) is 0 Å². The van der Waals surface area contributed by atoms with E-state index in [2.05, 4.69) is 17.6 Å². The van der Waals surface area contributed by atoms with Crippen LogP contribution in [0.5, 0.6) is 0 Å². The molecule has 0 spiro atoms. The summed E-state index contributed by atoms with van der Waals surface area (Å²) in [7, 11) is 0. The Balaban J connectivity index is 1.47. The molecular weight excluding hydrogens is 370 g/mol. The van der Waals surface area contributed by atoms with Gasteiger partial charge >= 0.3 is 0 Å². The van der Waals surface area contributed by atoms with E-state index in [0.29, 0.717) is 23.5 Å². The van der Waals surface area contributed by atoms with Crippen LogP contribution in [-0.4, -0.2) is 40.6 Å². The Bertz CT molecular complexity index is 860. The van der Waals surface area contributed by atoms with Crippen molar-refractivity contribution in [1.29, 1.82) is 0 Å². The van der Waals surface area contributed by atoms with E-state index in [-0.39, 0.29) is 36.7 Å². The first-order valence-electron chi connectivity index (χ1n) is 10.6. The molecule has 7 nitrogen and oxygen atoms in total. The van der Waals surface area contributed by atoms with Gasteiger partial charge in [0.1, 0.15) is 6.04 Å². The van der Waals surface area contributed by atoms with Crippen LogP contribution in [0.3, 0.4) is 0 Å². The maximum Gasteiger partial charge on any atom is 0.255 e. The van der Waals surface area contributed by atoms with Crippen LogP contribution in [0.4, 0.5) is 0 Å². The summed E-state index contributed by atoms with van der Waals surface area (Å²) in [6.45, 7) is 2.38. The van der Waals surface area contributed by atoms with Crippen LogP contribution in [0.15, 0.2) is 18.2 Å². The summed E-state index contributed by atoms with van der Waals surface area (Å²) in [6, 6.07) is 4.66. The highest BCUT2D eigenvalue weighted by molar-refractivity contribution is 6.06. The van der Waals surface area contributed by atoms with Gasteiger partial charge in [0.25, 0.3) is 11.8 Å². The number of amides is 4. The fourth-order valence-electron chi connectivity index (χ4n) is 4.88. The summed E-state index contributed by atoms with van der Waals surface area (Å²) in [6.07, 6.45) is 6.25. The summed E-state index contributed by atoms with van der Waals surface area (Å²) < 4.78 is 0. The van der Waals surface area contributed by atoms with Gasteiger partial charge in [0, 0.05) is 30.1 Å². The normalized spacial score (nSPS) is 23.1. The highest BCUT2D eigenvalue weighted by Gasteiger charge is 2.39. The first kappa shape index (κ1) is 19.6. The van der Waals surface area contributed by atoms with Crippen LogP contribution < -0.4 is 10.6 Å². The number of imide groups is 1. The number of rotatable bonds is 5. The van der Waals surface area contributed by atoms with Gasteiger partial charge in [-0.2, -0.15) is 0 Å². The number of carbonyl (C=O) groups is 4. The van der Waals surface area contributed by atoms with Crippen molar-refractivity contribution in [2.75, 3.05) is 0 Å². The lowest BCUT2D eigenvalue weighted by Crippen LogP contribution is -2.52. The zero-order valence-corrected chi connectivity index (χ0v) is 16.7. The SMILES string of the molecule is CC[C@@H](NC(=O)c1ccc2c(c1)CN(C1CCC(=O)NC1=O)C2=O)C1CCCC1. The average Bonchev–Trinajstić information content (AvgIpc) is 3.34. The molecule has 0 radical (unpaired) electrons. The number of nitrogens with zero attached hydrogens (tertiary/aromatic N) is 1. The van der Waals surface area contributed by atoms with Gasteiger partial charge in [0.2, 0.25) is 11.8 Å². The number of fused-ring (bicyclic) bond motifs is 1. The van der Waals surface area contributed by atoms with Gasteiger partial charge in [0.05, 0.1) is 0 Å². The van der Waals surface area contributed by atoms with Gasteiger partial charge in [0.15, 0.2) is 0 Å². The Kier molecular flexibility index (Phi) is 5.39. The molecule has 1 saturated carbocycles. The molecule has 2 aliphatic heterocycles. The van der Waals surface area contributed by atoms with Crippen molar-refractivity contribution in [2.24, 2.45) is 5.92 Å². The lowest BCUT2D eigenvalue weighted by molar-refractivity contribution is -0.136. The molecule has 154 valence electrons. The smallest absolute Gasteiger partial charge is 0.255 e. The van der Waals surface area contributed by atoms with Crippen molar-refractivity contribution in [1.82, 2.24) is 15.5 Å². The van der Waals surface area contributed by atoms with Crippen molar-refractivity contribution in [2.45, 2.75) is 70.5 Å². The molecule has 29 heavy (non-hydrogen) atoms. The van der Waals surface area contributed by atoms with Gasteiger partial charge in [-0.1, -0.05) is 19.8 Å². The Hall–Kier alpha value is -2.70. The van der Waals surface area contributed by atoms with E-state index < -0.39 is 11.9 Å². The van der Waals surface area contributed by atoms with E-state index in [9.17, 15) is 19.2 Å². The predicted molar refractivity (Wildman–Crippen MR) is 106 cm³/mol. The zero-order valence-electron chi connectivity index (χ0n) is 16.7. The monoisotopic (exact) mass is 397 g/mol. The van der Waals surface area contributed by atoms with Gasteiger partial charge in [-0.3, -0.25) is 24.5 Å². The molecule has 4 rings (SSSR count). The third-order valence-electron chi connectivity index (χ3n) is 6.51. The second-order valence-electron chi connectivity index (χ2n) is 8.30. The second-order valence-corrected chi connectivity index (χ2v) is 8.30. The molecule has 2 heterocycles. The molecule has 3 aliphatic rings. The molecule has 1 aliphatic carbocycles. The van der Waals surface area contributed by atoms with Crippen molar-refractivity contribution in [3.05, 3.63) is 34.9 Å². The third-order valence-corrected chi connectivity index (χ3v) is 6.51. The highest BCUT2D eigenvalue weighted by atomic mass is 16.2. The molecule has 0 aromatic heterocycles. The quantitative estimate of drug-likeness (QED) is 0.744. The summed E-state index contributed by atoms with van der Waals surface area (Å²) in [5.41, 5.74) is 1.81.